The first-order valence-corrected chi connectivity index (χ1v) is 12.7. The molecular weight excluding hydrogens is 481 g/mol. The van der Waals surface area contributed by atoms with Crippen molar-refractivity contribution in [3.63, 3.8) is 0 Å². The molecule has 0 radical (unpaired) electrons. The highest BCUT2D eigenvalue weighted by Gasteiger charge is 2.37. The highest BCUT2D eigenvalue weighted by atomic mass is 31.2. The molecule has 1 aliphatic rings. The third-order valence-corrected chi connectivity index (χ3v) is 6.71. The molecule has 0 spiro atoms. The number of para-hydroxylation sites is 1. The van der Waals surface area contributed by atoms with E-state index in [1.807, 2.05) is 0 Å². The minimum atomic E-state index is -4.15. The molecule has 13 heteroatoms. The van der Waals surface area contributed by atoms with Gasteiger partial charge in [0.1, 0.15) is 24.1 Å². The van der Waals surface area contributed by atoms with E-state index in [-0.39, 0.29) is 24.9 Å². The number of ether oxygens (including phenoxy) is 2. The second kappa shape index (κ2) is 11.8. The van der Waals surface area contributed by atoms with E-state index in [0.29, 0.717) is 6.42 Å². The van der Waals surface area contributed by atoms with Gasteiger partial charge in [-0.05, 0) is 45.7 Å². The Morgan fingerprint density at radius 2 is 1.94 bits per heavy atom. The van der Waals surface area contributed by atoms with Crippen molar-refractivity contribution in [3.8, 4) is 5.75 Å². The molecule has 1 aliphatic heterocycles. The van der Waals surface area contributed by atoms with Gasteiger partial charge in [-0.3, -0.25) is 23.7 Å². The zero-order valence-electron chi connectivity index (χ0n) is 19.7. The predicted octanol–water partition coefficient (Wildman–Crippen LogP) is 1.71. The molecule has 1 aromatic carbocycles. The molecule has 1 fully saturated rings. The number of aromatic nitrogens is 2. The molecule has 0 bridgehead atoms. The highest BCUT2D eigenvalue weighted by molar-refractivity contribution is 7.52. The Balaban J connectivity index is 1.74. The van der Waals surface area contributed by atoms with E-state index in [9.17, 15) is 24.1 Å². The van der Waals surface area contributed by atoms with Gasteiger partial charge in [0.05, 0.1) is 18.8 Å². The summed E-state index contributed by atoms with van der Waals surface area (Å²) in [4.78, 5) is 37.9. The molecule has 2 aromatic rings. The van der Waals surface area contributed by atoms with Crippen LogP contribution in [0.2, 0.25) is 0 Å². The number of aromatic amines is 1. The van der Waals surface area contributed by atoms with Gasteiger partial charge in [0.2, 0.25) is 0 Å². The topological polar surface area (TPSA) is 158 Å². The van der Waals surface area contributed by atoms with Crippen molar-refractivity contribution in [2.24, 2.45) is 0 Å². The van der Waals surface area contributed by atoms with Gasteiger partial charge in [-0.1, -0.05) is 18.2 Å². The number of carbonyl (C=O) groups excluding carboxylic acids is 1. The second-order valence-electron chi connectivity index (χ2n) is 8.33. The Morgan fingerprint density at radius 1 is 1.23 bits per heavy atom. The first kappa shape index (κ1) is 26.8. The van der Waals surface area contributed by atoms with Crippen molar-refractivity contribution in [2.45, 2.75) is 64.2 Å². The normalized spacial score (nSPS) is 22.8. The Hall–Kier alpha value is -2.76. The lowest BCUT2D eigenvalue weighted by molar-refractivity contribution is -0.158. The van der Waals surface area contributed by atoms with Gasteiger partial charge in [0.25, 0.3) is 5.56 Å². The monoisotopic (exact) mass is 511 g/mol. The summed E-state index contributed by atoms with van der Waals surface area (Å²) in [6, 6.07) is 8.40. The number of H-pyrrole nitrogens is 1. The summed E-state index contributed by atoms with van der Waals surface area (Å²) in [7, 11) is -4.15. The molecule has 0 aliphatic carbocycles. The summed E-state index contributed by atoms with van der Waals surface area (Å²) in [6.45, 7) is 4.46. The van der Waals surface area contributed by atoms with Crippen LogP contribution in [-0.4, -0.2) is 51.6 Å². The van der Waals surface area contributed by atoms with E-state index in [4.69, 9.17) is 18.5 Å². The van der Waals surface area contributed by atoms with Gasteiger partial charge in [-0.25, -0.2) is 9.36 Å². The van der Waals surface area contributed by atoms with E-state index < -0.39 is 49.4 Å². The zero-order valence-corrected chi connectivity index (χ0v) is 20.6. The minimum Gasteiger partial charge on any atom is -0.462 e. The van der Waals surface area contributed by atoms with Crippen molar-refractivity contribution >= 4 is 13.7 Å². The molecule has 1 unspecified atom stereocenters. The Morgan fingerprint density at radius 3 is 2.60 bits per heavy atom. The standard InChI is InChI=1S/C22H30N3O9P/c1-14(2)32-21(28)15(3)24-35(30,34-16-7-5-4-6-8-16)31-13-18-17(26)9-10-20(33-18)25-12-11-19(27)23-22(25)29/h4-8,11-12,14-15,17-18,20,26H,9-10,13H2,1-3H3,(H,24,30)(H,23,27,29)/t15-,17?,18+,20+,35-/m0/s1. The number of rotatable bonds is 10. The van der Waals surface area contributed by atoms with Crippen LogP contribution in [0.3, 0.4) is 0 Å². The highest BCUT2D eigenvalue weighted by Crippen LogP contribution is 2.45. The fourth-order valence-electron chi connectivity index (χ4n) is 3.37. The fourth-order valence-corrected chi connectivity index (χ4v) is 4.88. The van der Waals surface area contributed by atoms with Gasteiger partial charge >= 0.3 is 19.4 Å². The zero-order chi connectivity index (χ0) is 25.6. The quantitative estimate of drug-likeness (QED) is 0.317. The maximum Gasteiger partial charge on any atom is 0.459 e. The Bertz CT molecular complexity index is 1150. The average Bonchev–Trinajstić information content (AvgIpc) is 2.79. The molecular formula is C22H30N3O9P. The minimum absolute atomic E-state index is 0.232. The van der Waals surface area contributed by atoms with Crippen LogP contribution in [0.5, 0.6) is 5.75 Å². The van der Waals surface area contributed by atoms with Gasteiger partial charge in [-0.2, -0.15) is 5.09 Å². The van der Waals surface area contributed by atoms with Crippen LogP contribution in [0.1, 0.15) is 39.8 Å². The van der Waals surface area contributed by atoms with Gasteiger partial charge in [0, 0.05) is 12.3 Å². The molecule has 1 aromatic heterocycles. The van der Waals surface area contributed by atoms with Crippen molar-refractivity contribution in [1.29, 1.82) is 0 Å². The summed E-state index contributed by atoms with van der Waals surface area (Å²) in [5.41, 5.74) is -1.20. The van der Waals surface area contributed by atoms with E-state index in [1.165, 1.54) is 23.8 Å². The number of nitrogens with one attached hydrogen (secondary N) is 2. The maximum absolute atomic E-state index is 13.6. The van der Waals surface area contributed by atoms with Crippen LogP contribution >= 0.6 is 7.75 Å². The molecule has 3 N–H and O–H groups in total. The smallest absolute Gasteiger partial charge is 0.459 e. The van der Waals surface area contributed by atoms with Crippen molar-refractivity contribution in [2.75, 3.05) is 6.61 Å². The largest absolute Gasteiger partial charge is 0.462 e. The lowest BCUT2D eigenvalue weighted by Crippen LogP contribution is -2.44. The van der Waals surface area contributed by atoms with Crippen LogP contribution in [0.25, 0.3) is 0 Å². The SMILES string of the molecule is CC(C)OC(=O)[C@H](C)N[P@](=O)(OC[C@H]1O[C@@H](n2ccc(=O)[nH]c2=O)CCC1O)Oc1ccccc1. The van der Waals surface area contributed by atoms with E-state index in [2.05, 4.69) is 10.1 Å². The van der Waals surface area contributed by atoms with Crippen LogP contribution in [-0.2, 0) is 23.4 Å². The molecule has 35 heavy (non-hydrogen) atoms. The predicted molar refractivity (Wildman–Crippen MR) is 125 cm³/mol. The van der Waals surface area contributed by atoms with E-state index in [1.54, 1.807) is 44.2 Å². The molecule has 0 amide bonds. The Labute approximate surface area is 201 Å². The van der Waals surface area contributed by atoms with Crippen molar-refractivity contribution < 1.29 is 33.0 Å². The molecule has 1 saturated heterocycles. The van der Waals surface area contributed by atoms with Crippen LogP contribution in [0, 0.1) is 0 Å². The number of hydrogen-bond donors (Lipinski definition) is 3. The molecule has 3 rings (SSSR count). The summed E-state index contributed by atoms with van der Waals surface area (Å²) < 4.78 is 36.9. The van der Waals surface area contributed by atoms with E-state index in [0.717, 1.165) is 0 Å². The van der Waals surface area contributed by atoms with E-state index >= 15 is 0 Å². The van der Waals surface area contributed by atoms with Crippen molar-refractivity contribution in [1.82, 2.24) is 14.6 Å². The number of esters is 1. The number of aliphatic hydroxyl groups excluding tert-OH is 1. The lowest BCUT2D eigenvalue weighted by Gasteiger charge is -2.35. The number of benzene rings is 1. The number of nitrogens with zero attached hydrogens (tertiary/aromatic N) is 1. The first-order chi connectivity index (χ1) is 16.6. The summed E-state index contributed by atoms with van der Waals surface area (Å²) >= 11 is 0. The molecule has 2 heterocycles. The summed E-state index contributed by atoms with van der Waals surface area (Å²) in [5, 5.41) is 13.0. The van der Waals surface area contributed by atoms with Crippen LogP contribution in [0.4, 0.5) is 0 Å². The third kappa shape index (κ3) is 7.61. The fraction of sp³-hybridized carbons (Fsp3) is 0.500. The second-order valence-corrected chi connectivity index (χ2v) is 10.0. The number of carbonyl (C=O) groups is 1. The maximum atomic E-state index is 13.6. The molecule has 0 saturated carbocycles. The van der Waals surface area contributed by atoms with Gasteiger partial charge in [0.15, 0.2) is 0 Å². The molecule has 12 nitrogen and oxygen atoms in total. The van der Waals surface area contributed by atoms with Crippen LogP contribution < -0.4 is 20.9 Å². The summed E-state index contributed by atoms with van der Waals surface area (Å²) in [5.74, 6) is -0.414. The lowest BCUT2D eigenvalue weighted by atomic mass is 10.0. The third-order valence-electron chi connectivity index (χ3n) is 5.07. The average molecular weight is 511 g/mol. The number of aliphatic hydroxyl groups is 1. The number of hydrogen-bond acceptors (Lipinski definition) is 9. The van der Waals surface area contributed by atoms with Gasteiger partial charge in [-0.15, -0.1) is 0 Å². The molecule has 5 atom stereocenters. The van der Waals surface area contributed by atoms with Crippen molar-refractivity contribution in [3.05, 3.63) is 63.4 Å². The summed E-state index contributed by atoms with van der Waals surface area (Å²) in [6.07, 6.45) is -1.23. The first-order valence-electron chi connectivity index (χ1n) is 11.2. The van der Waals surface area contributed by atoms with Crippen LogP contribution in [0.15, 0.2) is 52.2 Å². The Kier molecular flexibility index (Phi) is 9.03. The van der Waals surface area contributed by atoms with Gasteiger partial charge < -0.3 is 19.1 Å². The molecule has 192 valence electrons.